The fraction of sp³-hybridized carbons (Fsp3) is 0.0714. The zero-order valence-corrected chi connectivity index (χ0v) is 14.4. The number of oxazole rings is 1. The van der Waals surface area contributed by atoms with Crippen molar-refractivity contribution in [2.45, 2.75) is 3.74 Å². The smallest absolute Gasteiger partial charge is 0.227 e. The Hall–Kier alpha value is -0.650. The van der Waals surface area contributed by atoms with E-state index in [4.69, 9.17) is 4.42 Å². The third-order valence-corrected chi connectivity index (χ3v) is 4.29. The molecule has 0 fully saturated rings. The van der Waals surface area contributed by atoms with Crippen molar-refractivity contribution < 1.29 is 4.42 Å². The van der Waals surface area contributed by atoms with Crippen LogP contribution in [0, 0.1) is 0 Å². The lowest BCUT2D eigenvalue weighted by atomic mass is 10.2. The van der Waals surface area contributed by atoms with Crippen molar-refractivity contribution >= 4 is 58.9 Å². The topological polar surface area (TPSA) is 26.0 Å². The molecule has 0 aliphatic carbocycles. The highest BCUT2D eigenvalue weighted by atomic mass is 79.9. The number of aromatic nitrogens is 1. The Morgan fingerprint density at radius 1 is 1.05 bits per heavy atom. The number of halogens is 3. The Bertz CT molecular complexity index is 736. The summed E-state index contributed by atoms with van der Waals surface area (Å²) in [5.41, 5.74) is 3.72. The molecule has 0 amide bonds. The summed E-state index contributed by atoms with van der Waals surface area (Å²) >= 11 is 10.4. The summed E-state index contributed by atoms with van der Waals surface area (Å²) in [6.07, 6.45) is 0. The molecule has 96 valence electrons. The maximum atomic E-state index is 5.78. The lowest BCUT2D eigenvalue weighted by Crippen LogP contribution is -1.80. The van der Waals surface area contributed by atoms with Crippen molar-refractivity contribution in [3.63, 3.8) is 0 Å². The number of rotatable bonds is 2. The van der Waals surface area contributed by atoms with Crippen molar-refractivity contribution in [2.24, 2.45) is 0 Å². The maximum Gasteiger partial charge on any atom is 0.227 e. The van der Waals surface area contributed by atoms with Gasteiger partial charge in [0.15, 0.2) is 5.58 Å². The highest BCUT2D eigenvalue weighted by molar-refractivity contribution is 9.24. The van der Waals surface area contributed by atoms with E-state index < -0.39 is 0 Å². The molecule has 2 nitrogen and oxygen atoms in total. The third kappa shape index (κ3) is 2.78. The first-order chi connectivity index (χ1) is 9.13. The van der Waals surface area contributed by atoms with Crippen LogP contribution in [0.2, 0.25) is 0 Å². The van der Waals surface area contributed by atoms with Crippen molar-refractivity contribution in [3.05, 3.63) is 52.5 Å². The van der Waals surface area contributed by atoms with Gasteiger partial charge in [-0.1, -0.05) is 59.9 Å². The van der Waals surface area contributed by atoms with Gasteiger partial charge in [0.25, 0.3) is 0 Å². The molecule has 1 heterocycles. The van der Waals surface area contributed by atoms with Gasteiger partial charge in [0.05, 0.1) is 3.74 Å². The molecule has 19 heavy (non-hydrogen) atoms. The number of fused-ring (bicyclic) bond motifs is 1. The maximum absolute atomic E-state index is 5.78. The van der Waals surface area contributed by atoms with E-state index in [0.717, 1.165) is 26.7 Å². The number of hydrogen-bond acceptors (Lipinski definition) is 2. The summed E-state index contributed by atoms with van der Waals surface area (Å²) < 4.78 is 6.91. The zero-order chi connectivity index (χ0) is 13.4. The fourth-order valence-corrected chi connectivity index (χ4v) is 2.79. The summed E-state index contributed by atoms with van der Waals surface area (Å²) in [5, 5.41) is 0. The second kappa shape index (κ2) is 5.38. The van der Waals surface area contributed by atoms with Gasteiger partial charge in [-0.25, -0.2) is 4.98 Å². The highest BCUT2D eigenvalue weighted by Gasteiger charge is 2.10. The van der Waals surface area contributed by atoms with E-state index in [0.29, 0.717) is 5.89 Å². The van der Waals surface area contributed by atoms with E-state index in [-0.39, 0.29) is 3.74 Å². The first kappa shape index (κ1) is 13.3. The van der Waals surface area contributed by atoms with Gasteiger partial charge >= 0.3 is 0 Å². The monoisotopic (exact) mass is 443 g/mol. The molecule has 0 bridgehead atoms. The first-order valence-corrected chi connectivity index (χ1v) is 8.20. The molecule has 2 aromatic carbocycles. The van der Waals surface area contributed by atoms with E-state index in [2.05, 4.69) is 52.8 Å². The third-order valence-electron chi connectivity index (χ3n) is 2.74. The highest BCUT2D eigenvalue weighted by Crippen LogP contribution is 2.32. The Labute approximate surface area is 135 Å². The normalized spacial score (nSPS) is 11.4. The van der Waals surface area contributed by atoms with Crippen LogP contribution >= 0.6 is 47.8 Å². The molecule has 0 unspecified atom stereocenters. The molecule has 0 saturated carbocycles. The van der Waals surface area contributed by atoms with Crippen LogP contribution in [0.5, 0.6) is 0 Å². The molecule has 0 N–H and O–H groups in total. The molecule has 5 heteroatoms. The van der Waals surface area contributed by atoms with Crippen LogP contribution < -0.4 is 0 Å². The molecule has 0 aliphatic heterocycles. The molecule has 0 saturated heterocycles. The molecule has 0 radical (unpaired) electrons. The molecule has 3 aromatic rings. The predicted octanol–water partition coefficient (Wildman–Crippen LogP) is 6.05. The van der Waals surface area contributed by atoms with Gasteiger partial charge in [-0.2, -0.15) is 0 Å². The van der Waals surface area contributed by atoms with Crippen LogP contribution in [0.4, 0.5) is 0 Å². The van der Waals surface area contributed by atoms with Gasteiger partial charge < -0.3 is 4.42 Å². The van der Waals surface area contributed by atoms with Gasteiger partial charge in [0.2, 0.25) is 5.89 Å². The molecule has 0 atom stereocenters. The van der Waals surface area contributed by atoms with Crippen LogP contribution in [0.3, 0.4) is 0 Å². The summed E-state index contributed by atoms with van der Waals surface area (Å²) in [5.74, 6) is 0.633. The first-order valence-electron chi connectivity index (χ1n) is 5.58. The van der Waals surface area contributed by atoms with Crippen molar-refractivity contribution in [3.8, 4) is 11.5 Å². The van der Waals surface area contributed by atoms with E-state index in [1.165, 1.54) is 0 Å². The van der Waals surface area contributed by atoms with E-state index >= 15 is 0 Å². The number of nitrogens with zero attached hydrogens (tertiary/aromatic N) is 1. The van der Waals surface area contributed by atoms with Gasteiger partial charge in [-0.15, -0.1) is 0 Å². The minimum atomic E-state index is 0.121. The molecular formula is C14H8Br3NO. The average molecular weight is 446 g/mol. The van der Waals surface area contributed by atoms with Gasteiger partial charge in [-0.3, -0.25) is 0 Å². The summed E-state index contributed by atoms with van der Waals surface area (Å²) in [6.45, 7) is 0. The predicted molar refractivity (Wildman–Crippen MR) is 87.7 cm³/mol. The Kier molecular flexibility index (Phi) is 3.78. The SMILES string of the molecule is Brc1cccc(-c2nc3cc(C(Br)Br)ccc3o2)c1. The van der Waals surface area contributed by atoms with E-state index in [1.807, 2.05) is 42.5 Å². The lowest BCUT2D eigenvalue weighted by Gasteiger charge is -1.99. The number of hydrogen-bond donors (Lipinski definition) is 0. The average Bonchev–Trinajstić information content (AvgIpc) is 2.81. The molecule has 3 rings (SSSR count). The quantitative estimate of drug-likeness (QED) is 0.449. The van der Waals surface area contributed by atoms with Crippen LogP contribution in [0.1, 0.15) is 9.30 Å². The van der Waals surface area contributed by atoms with Crippen LogP contribution in [0.25, 0.3) is 22.6 Å². The van der Waals surface area contributed by atoms with Gasteiger partial charge in [-0.05, 0) is 35.9 Å². The number of alkyl halides is 2. The van der Waals surface area contributed by atoms with Gasteiger partial charge in [0.1, 0.15) is 5.52 Å². The Morgan fingerprint density at radius 3 is 2.63 bits per heavy atom. The minimum absolute atomic E-state index is 0.121. The van der Waals surface area contributed by atoms with Gasteiger partial charge in [0, 0.05) is 10.0 Å². The molecular weight excluding hydrogens is 438 g/mol. The second-order valence-corrected chi connectivity index (χ2v) is 8.03. The second-order valence-electron chi connectivity index (χ2n) is 4.06. The summed E-state index contributed by atoms with van der Waals surface area (Å²) in [7, 11) is 0. The van der Waals surface area contributed by atoms with Crippen molar-refractivity contribution in [1.82, 2.24) is 4.98 Å². The minimum Gasteiger partial charge on any atom is -0.436 e. The van der Waals surface area contributed by atoms with E-state index in [9.17, 15) is 0 Å². The fourth-order valence-electron chi connectivity index (χ4n) is 1.83. The zero-order valence-electron chi connectivity index (χ0n) is 9.61. The molecule has 1 aromatic heterocycles. The standard InChI is InChI=1S/C14H8Br3NO/c15-10-3-1-2-9(6-10)14-18-11-7-8(13(16)17)4-5-12(11)19-14/h1-7,13H. The largest absolute Gasteiger partial charge is 0.436 e. The van der Waals surface area contributed by atoms with Crippen molar-refractivity contribution in [2.75, 3.05) is 0 Å². The molecule has 0 aliphatic rings. The Morgan fingerprint density at radius 2 is 1.89 bits per heavy atom. The number of benzene rings is 2. The van der Waals surface area contributed by atoms with Crippen molar-refractivity contribution in [1.29, 1.82) is 0 Å². The molecule has 0 spiro atoms. The Balaban J connectivity index is 2.11. The van der Waals surface area contributed by atoms with Crippen LogP contribution in [-0.2, 0) is 0 Å². The lowest BCUT2D eigenvalue weighted by molar-refractivity contribution is 0.620. The summed E-state index contributed by atoms with van der Waals surface area (Å²) in [4.78, 5) is 4.54. The van der Waals surface area contributed by atoms with E-state index in [1.54, 1.807) is 0 Å². The van der Waals surface area contributed by atoms with Crippen LogP contribution in [-0.4, -0.2) is 4.98 Å². The van der Waals surface area contributed by atoms with Crippen LogP contribution in [0.15, 0.2) is 51.4 Å². The summed E-state index contributed by atoms with van der Waals surface area (Å²) in [6, 6.07) is 13.9.